The third-order valence-corrected chi connectivity index (χ3v) is 8.59. The van der Waals surface area contributed by atoms with Gasteiger partial charge in [0.25, 0.3) is 0 Å². The smallest absolute Gasteiger partial charge is 0.330 e. The third kappa shape index (κ3) is 2.44. The number of Topliss-reactive ketones (excluding diaryl/α,β-unsaturated/α-hetero) is 2. The second kappa shape index (κ2) is 6.03. The van der Waals surface area contributed by atoms with Gasteiger partial charge in [0.15, 0.2) is 0 Å². The Morgan fingerprint density at radius 3 is 2.58 bits per heavy atom. The topological polar surface area (TPSA) is 60.4 Å². The third-order valence-electron chi connectivity index (χ3n) is 8.59. The largest absolute Gasteiger partial charge is 0.466 e. The van der Waals surface area contributed by atoms with Crippen molar-refractivity contribution < 1.29 is 19.1 Å². The number of esters is 1. The van der Waals surface area contributed by atoms with E-state index in [1.165, 1.54) is 7.11 Å². The molecular weight excluding hydrogens is 328 g/mol. The first-order valence-corrected chi connectivity index (χ1v) is 10.1. The molecule has 4 fully saturated rings. The predicted molar refractivity (Wildman–Crippen MR) is 97.2 cm³/mol. The molecule has 4 aliphatic carbocycles. The molecule has 4 aliphatic rings. The molecule has 0 aromatic heterocycles. The highest BCUT2D eigenvalue weighted by molar-refractivity contribution is 5.87. The van der Waals surface area contributed by atoms with Gasteiger partial charge in [-0.1, -0.05) is 19.4 Å². The number of hydrogen-bond acceptors (Lipinski definition) is 4. The van der Waals surface area contributed by atoms with E-state index in [-0.39, 0.29) is 22.7 Å². The normalized spacial score (nSPS) is 46.5. The van der Waals surface area contributed by atoms with Crippen LogP contribution in [0.3, 0.4) is 0 Å². The zero-order valence-corrected chi connectivity index (χ0v) is 16.2. The number of ketones is 2. The van der Waals surface area contributed by atoms with Gasteiger partial charge in [-0.05, 0) is 61.2 Å². The Kier molecular flexibility index (Phi) is 4.16. The van der Waals surface area contributed by atoms with E-state index in [1.807, 2.05) is 0 Å². The summed E-state index contributed by atoms with van der Waals surface area (Å²) in [6.45, 7) is 4.51. The number of carbonyl (C=O) groups excluding carboxylic acids is 3. The molecule has 4 rings (SSSR count). The first-order valence-electron chi connectivity index (χ1n) is 10.1. The van der Waals surface area contributed by atoms with E-state index in [0.29, 0.717) is 48.6 Å². The fourth-order valence-electron chi connectivity index (χ4n) is 7.09. The monoisotopic (exact) mass is 358 g/mol. The summed E-state index contributed by atoms with van der Waals surface area (Å²) in [5.74, 6) is 2.02. The standard InChI is InChI=1S/C22H30O4/c1-21-8-6-14(23)12-18(21)13(11-20(25)26-3)10-15-16-4-5-19(24)22(16,2)9-7-17(15)21/h11,15-18H,4-10,12H2,1-3H3/t15-,16-,17-,18?,21+,22-/m0/s1. The van der Waals surface area contributed by atoms with Gasteiger partial charge in [0.2, 0.25) is 0 Å². The molecule has 0 heterocycles. The van der Waals surface area contributed by atoms with Crippen molar-refractivity contribution in [3.8, 4) is 0 Å². The summed E-state index contributed by atoms with van der Waals surface area (Å²) < 4.78 is 4.90. The molecule has 0 amide bonds. The van der Waals surface area contributed by atoms with Crippen LogP contribution in [0.1, 0.15) is 65.2 Å². The zero-order chi connectivity index (χ0) is 18.7. The van der Waals surface area contributed by atoms with Gasteiger partial charge in [0.05, 0.1) is 7.11 Å². The minimum atomic E-state index is -0.320. The van der Waals surface area contributed by atoms with Crippen LogP contribution < -0.4 is 0 Å². The molecule has 4 nitrogen and oxygen atoms in total. The van der Waals surface area contributed by atoms with Crippen LogP contribution in [0, 0.1) is 34.5 Å². The molecule has 26 heavy (non-hydrogen) atoms. The number of hydrogen-bond donors (Lipinski definition) is 0. The van der Waals surface area contributed by atoms with Gasteiger partial charge in [0, 0.05) is 30.8 Å². The lowest BCUT2D eigenvalue weighted by Gasteiger charge is -2.60. The highest BCUT2D eigenvalue weighted by atomic mass is 16.5. The molecule has 0 spiro atoms. The SMILES string of the molecule is COC(=O)C=C1C[C@@H]2[C@H](CC[C@]3(C)C(=O)CC[C@@H]23)[C@@]2(C)CCC(=O)CC12. The summed E-state index contributed by atoms with van der Waals surface area (Å²) in [6, 6.07) is 0. The van der Waals surface area contributed by atoms with Crippen molar-refractivity contribution in [3.05, 3.63) is 11.6 Å². The van der Waals surface area contributed by atoms with Crippen LogP contribution in [0.4, 0.5) is 0 Å². The summed E-state index contributed by atoms with van der Waals surface area (Å²) >= 11 is 0. The number of methoxy groups -OCH3 is 1. The molecule has 0 saturated heterocycles. The Labute approximate surface area is 155 Å². The summed E-state index contributed by atoms with van der Waals surface area (Å²) in [5.41, 5.74) is 0.978. The highest BCUT2D eigenvalue weighted by Gasteiger charge is 2.61. The van der Waals surface area contributed by atoms with E-state index in [2.05, 4.69) is 13.8 Å². The van der Waals surface area contributed by atoms with E-state index in [1.54, 1.807) is 6.08 Å². The van der Waals surface area contributed by atoms with E-state index < -0.39 is 0 Å². The zero-order valence-electron chi connectivity index (χ0n) is 16.2. The number of rotatable bonds is 1. The second-order valence-electron chi connectivity index (χ2n) is 9.54. The summed E-state index contributed by atoms with van der Waals surface area (Å²) in [7, 11) is 1.41. The maximum atomic E-state index is 12.6. The molecular formula is C22H30O4. The molecule has 0 N–H and O–H groups in total. The molecule has 0 aliphatic heterocycles. The molecule has 0 bridgehead atoms. The quantitative estimate of drug-likeness (QED) is 0.527. The van der Waals surface area contributed by atoms with Crippen molar-refractivity contribution in [2.45, 2.75) is 65.2 Å². The molecule has 4 saturated carbocycles. The highest BCUT2D eigenvalue weighted by Crippen LogP contribution is 2.66. The fourth-order valence-corrected chi connectivity index (χ4v) is 7.09. The first kappa shape index (κ1) is 17.9. The van der Waals surface area contributed by atoms with Crippen molar-refractivity contribution >= 4 is 17.5 Å². The Morgan fingerprint density at radius 1 is 1.08 bits per heavy atom. The van der Waals surface area contributed by atoms with Crippen LogP contribution >= 0.6 is 0 Å². The second-order valence-corrected chi connectivity index (χ2v) is 9.54. The Bertz CT molecular complexity index is 692. The van der Waals surface area contributed by atoms with Crippen molar-refractivity contribution in [2.24, 2.45) is 34.5 Å². The van der Waals surface area contributed by atoms with Gasteiger partial charge >= 0.3 is 5.97 Å². The summed E-state index contributed by atoms with van der Waals surface area (Å²) in [4.78, 5) is 36.8. The van der Waals surface area contributed by atoms with Crippen LogP contribution in [-0.2, 0) is 19.1 Å². The lowest BCUT2D eigenvalue weighted by molar-refractivity contribution is -0.140. The van der Waals surface area contributed by atoms with E-state index in [4.69, 9.17) is 4.74 Å². The first-order chi connectivity index (χ1) is 12.3. The van der Waals surface area contributed by atoms with Gasteiger partial charge < -0.3 is 4.74 Å². The van der Waals surface area contributed by atoms with Crippen molar-refractivity contribution in [3.63, 3.8) is 0 Å². The lowest BCUT2D eigenvalue weighted by atomic mass is 9.44. The molecule has 0 aromatic rings. The molecule has 0 radical (unpaired) electrons. The minimum Gasteiger partial charge on any atom is -0.466 e. The Morgan fingerprint density at radius 2 is 1.85 bits per heavy atom. The molecule has 142 valence electrons. The molecule has 6 atom stereocenters. The fraction of sp³-hybridized carbons (Fsp3) is 0.773. The van der Waals surface area contributed by atoms with Gasteiger partial charge in [0.1, 0.15) is 11.6 Å². The van der Waals surface area contributed by atoms with E-state index in [9.17, 15) is 14.4 Å². The average Bonchev–Trinajstić information content (AvgIpc) is 2.91. The maximum Gasteiger partial charge on any atom is 0.330 e. The molecule has 4 heteroatoms. The van der Waals surface area contributed by atoms with Gasteiger partial charge in [-0.15, -0.1) is 0 Å². The van der Waals surface area contributed by atoms with Gasteiger partial charge in [-0.2, -0.15) is 0 Å². The summed E-state index contributed by atoms with van der Waals surface area (Å²) in [6.07, 6.45) is 8.39. The van der Waals surface area contributed by atoms with Gasteiger partial charge in [-0.3, -0.25) is 9.59 Å². The van der Waals surface area contributed by atoms with Crippen molar-refractivity contribution in [1.82, 2.24) is 0 Å². The number of fused-ring (bicyclic) bond motifs is 5. The predicted octanol–water partition coefficient (Wildman–Crippen LogP) is 3.88. The Hall–Kier alpha value is -1.45. The maximum absolute atomic E-state index is 12.6. The number of allylic oxidation sites excluding steroid dienone is 1. The van der Waals surface area contributed by atoms with Crippen molar-refractivity contribution in [1.29, 1.82) is 0 Å². The lowest BCUT2D eigenvalue weighted by Crippen LogP contribution is -2.54. The molecule has 1 unspecified atom stereocenters. The van der Waals surface area contributed by atoms with Crippen LogP contribution in [-0.4, -0.2) is 24.6 Å². The summed E-state index contributed by atoms with van der Waals surface area (Å²) in [5, 5.41) is 0. The van der Waals surface area contributed by atoms with Crippen molar-refractivity contribution in [2.75, 3.05) is 7.11 Å². The van der Waals surface area contributed by atoms with Crippen LogP contribution in [0.25, 0.3) is 0 Å². The van der Waals surface area contributed by atoms with Gasteiger partial charge in [-0.25, -0.2) is 4.79 Å². The Balaban J connectivity index is 1.75. The van der Waals surface area contributed by atoms with E-state index >= 15 is 0 Å². The molecule has 0 aromatic carbocycles. The average molecular weight is 358 g/mol. The van der Waals surface area contributed by atoms with Crippen LogP contribution in [0.5, 0.6) is 0 Å². The van der Waals surface area contributed by atoms with E-state index in [0.717, 1.165) is 37.7 Å². The van der Waals surface area contributed by atoms with Crippen LogP contribution in [0.15, 0.2) is 11.6 Å². The van der Waals surface area contributed by atoms with Crippen LogP contribution in [0.2, 0.25) is 0 Å². The minimum absolute atomic E-state index is 0.0592. The number of ether oxygens (including phenoxy) is 1. The number of carbonyl (C=O) groups is 3.